The number of hydrogen-bond donors (Lipinski definition) is 0. The molecule has 0 atom stereocenters. The average Bonchev–Trinajstić information content (AvgIpc) is 2.68. The molecule has 0 aliphatic rings. The summed E-state index contributed by atoms with van der Waals surface area (Å²) in [6.07, 6.45) is 0. The number of rotatable bonds is 4. The summed E-state index contributed by atoms with van der Waals surface area (Å²) >= 11 is 1.42. The fourth-order valence-electron chi connectivity index (χ4n) is 2.78. The van der Waals surface area contributed by atoms with Crippen LogP contribution in [0.4, 0.5) is 4.39 Å². The van der Waals surface area contributed by atoms with E-state index >= 15 is 0 Å². The summed E-state index contributed by atoms with van der Waals surface area (Å²) in [5, 5.41) is 0.947. The van der Waals surface area contributed by atoms with Crippen molar-refractivity contribution < 1.29 is 4.39 Å². The Balaban J connectivity index is 1.88. The number of benzene rings is 3. The highest BCUT2D eigenvalue weighted by Gasteiger charge is 2.15. The SMILES string of the molecule is O=c1c2ccccc2nc(SCc2ccccc2)n1-c1ccccc1F. The summed E-state index contributed by atoms with van der Waals surface area (Å²) in [7, 11) is 0. The van der Waals surface area contributed by atoms with E-state index in [1.165, 1.54) is 22.4 Å². The van der Waals surface area contributed by atoms with Crippen molar-refractivity contribution in [1.29, 1.82) is 0 Å². The van der Waals surface area contributed by atoms with E-state index in [0.717, 1.165) is 5.56 Å². The van der Waals surface area contributed by atoms with E-state index in [1.807, 2.05) is 36.4 Å². The minimum Gasteiger partial charge on any atom is -0.268 e. The summed E-state index contributed by atoms with van der Waals surface area (Å²) < 4.78 is 15.8. The number of aromatic nitrogens is 2. The maximum absolute atomic E-state index is 14.4. The molecule has 4 aromatic rings. The number of para-hydroxylation sites is 2. The first-order chi connectivity index (χ1) is 12.7. The van der Waals surface area contributed by atoms with Crippen LogP contribution in [0, 0.1) is 5.82 Å². The van der Waals surface area contributed by atoms with E-state index in [2.05, 4.69) is 4.98 Å². The van der Waals surface area contributed by atoms with E-state index in [-0.39, 0.29) is 11.2 Å². The first-order valence-electron chi connectivity index (χ1n) is 8.17. The van der Waals surface area contributed by atoms with Gasteiger partial charge in [-0.15, -0.1) is 0 Å². The van der Waals surface area contributed by atoms with Crippen LogP contribution < -0.4 is 5.56 Å². The Labute approximate surface area is 154 Å². The molecule has 0 saturated carbocycles. The van der Waals surface area contributed by atoms with Gasteiger partial charge in [0.15, 0.2) is 5.16 Å². The predicted molar refractivity (Wildman–Crippen MR) is 103 cm³/mol. The molecule has 1 heterocycles. The maximum Gasteiger partial charge on any atom is 0.266 e. The molecule has 0 aliphatic heterocycles. The van der Waals surface area contributed by atoms with Crippen molar-refractivity contribution in [2.24, 2.45) is 0 Å². The number of fused-ring (bicyclic) bond motifs is 1. The molecular formula is C21H15FN2OS. The van der Waals surface area contributed by atoms with Gasteiger partial charge in [0.25, 0.3) is 5.56 Å². The van der Waals surface area contributed by atoms with Gasteiger partial charge in [-0.05, 0) is 29.8 Å². The Hall–Kier alpha value is -2.92. The van der Waals surface area contributed by atoms with E-state index in [4.69, 9.17) is 0 Å². The van der Waals surface area contributed by atoms with Crippen molar-refractivity contribution in [2.45, 2.75) is 10.9 Å². The van der Waals surface area contributed by atoms with Crippen LogP contribution in [0.15, 0.2) is 88.8 Å². The zero-order chi connectivity index (χ0) is 17.9. The first kappa shape index (κ1) is 16.5. The van der Waals surface area contributed by atoms with Gasteiger partial charge in [0.1, 0.15) is 5.82 Å². The van der Waals surface area contributed by atoms with Gasteiger partial charge >= 0.3 is 0 Å². The highest BCUT2D eigenvalue weighted by atomic mass is 32.2. The highest BCUT2D eigenvalue weighted by Crippen LogP contribution is 2.25. The largest absolute Gasteiger partial charge is 0.268 e. The van der Waals surface area contributed by atoms with Gasteiger partial charge < -0.3 is 0 Å². The van der Waals surface area contributed by atoms with Crippen LogP contribution in [0.3, 0.4) is 0 Å². The molecule has 0 fully saturated rings. The molecule has 0 N–H and O–H groups in total. The van der Waals surface area contributed by atoms with Crippen molar-refractivity contribution >= 4 is 22.7 Å². The predicted octanol–water partition coefficient (Wildman–Crippen LogP) is 4.82. The molecule has 0 amide bonds. The van der Waals surface area contributed by atoms with Crippen molar-refractivity contribution in [3.63, 3.8) is 0 Å². The second-order valence-corrected chi connectivity index (χ2v) is 6.72. The molecule has 26 heavy (non-hydrogen) atoms. The van der Waals surface area contributed by atoms with E-state index in [9.17, 15) is 9.18 Å². The summed E-state index contributed by atoms with van der Waals surface area (Å²) in [6.45, 7) is 0. The summed E-state index contributed by atoms with van der Waals surface area (Å²) in [6, 6.07) is 23.3. The fourth-order valence-corrected chi connectivity index (χ4v) is 3.74. The van der Waals surface area contributed by atoms with Crippen molar-refractivity contribution in [2.75, 3.05) is 0 Å². The molecule has 3 aromatic carbocycles. The molecule has 0 aliphatic carbocycles. The fraction of sp³-hybridized carbons (Fsp3) is 0.0476. The third-order valence-corrected chi connectivity index (χ3v) is 5.06. The summed E-state index contributed by atoms with van der Waals surface area (Å²) in [4.78, 5) is 17.7. The zero-order valence-corrected chi connectivity index (χ0v) is 14.6. The number of hydrogen-bond acceptors (Lipinski definition) is 3. The molecule has 0 spiro atoms. The molecule has 5 heteroatoms. The molecule has 128 valence electrons. The van der Waals surface area contributed by atoms with Gasteiger partial charge in [-0.25, -0.2) is 9.37 Å². The highest BCUT2D eigenvalue weighted by molar-refractivity contribution is 7.98. The standard InChI is InChI=1S/C21H15FN2OS/c22-17-11-5-7-13-19(17)24-20(25)16-10-4-6-12-18(16)23-21(24)26-14-15-8-2-1-3-9-15/h1-13H,14H2. The maximum atomic E-state index is 14.4. The molecule has 0 bridgehead atoms. The molecule has 0 unspecified atom stereocenters. The van der Waals surface area contributed by atoms with E-state index in [1.54, 1.807) is 36.4 Å². The Morgan fingerprint density at radius 3 is 2.38 bits per heavy atom. The molecule has 0 saturated heterocycles. The van der Waals surface area contributed by atoms with Crippen LogP contribution in [-0.2, 0) is 5.75 Å². The minimum atomic E-state index is -0.451. The number of halogens is 1. The van der Waals surface area contributed by atoms with Crippen LogP contribution >= 0.6 is 11.8 Å². The Bertz CT molecular complexity index is 1130. The lowest BCUT2D eigenvalue weighted by Crippen LogP contribution is -2.22. The first-order valence-corrected chi connectivity index (χ1v) is 9.16. The smallest absolute Gasteiger partial charge is 0.266 e. The van der Waals surface area contributed by atoms with Gasteiger partial charge in [-0.1, -0.05) is 66.4 Å². The molecular weight excluding hydrogens is 347 g/mol. The number of nitrogens with zero attached hydrogens (tertiary/aromatic N) is 2. The van der Waals surface area contributed by atoms with E-state index in [0.29, 0.717) is 21.8 Å². The zero-order valence-electron chi connectivity index (χ0n) is 13.8. The van der Waals surface area contributed by atoms with Gasteiger partial charge in [-0.3, -0.25) is 9.36 Å². The summed E-state index contributed by atoms with van der Waals surface area (Å²) in [5.74, 6) is 0.188. The average molecular weight is 362 g/mol. The van der Waals surface area contributed by atoms with E-state index < -0.39 is 5.82 Å². The van der Waals surface area contributed by atoms with Gasteiger partial charge in [-0.2, -0.15) is 0 Å². The quantitative estimate of drug-likeness (QED) is 0.386. The third-order valence-electron chi connectivity index (χ3n) is 4.05. The Morgan fingerprint density at radius 2 is 1.58 bits per heavy atom. The van der Waals surface area contributed by atoms with Crippen LogP contribution in [0.2, 0.25) is 0 Å². The Morgan fingerprint density at radius 1 is 0.885 bits per heavy atom. The van der Waals surface area contributed by atoms with Crippen LogP contribution in [0.1, 0.15) is 5.56 Å². The van der Waals surface area contributed by atoms with Gasteiger partial charge in [0, 0.05) is 5.75 Å². The van der Waals surface area contributed by atoms with Gasteiger partial charge in [0.05, 0.1) is 16.6 Å². The Kier molecular flexibility index (Phi) is 4.54. The minimum absolute atomic E-state index is 0.214. The van der Waals surface area contributed by atoms with Crippen LogP contribution in [0.25, 0.3) is 16.6 Å². The third kappa shape index (κ3) is 3.13. The topological polar surface area (TPSA) is 34.9 Å². The van der Waals surface area contributed by atoms with Crippen LogP contribution in [-0.4, -0.2) is 9.55 Å². The summed E-state index contributed by atoms with van der Waals surface area (Å²) in [5.41, 5.74) is 1.67. The molecule has 1 aromatic heterocycles. The second kappa shape index (κ2) is 7.14. The lowest BCUT2D eigenvalue weighted by Gasteiger charge is -2.13. The monoisotopic (exact) mass is 362 g/mol. The number of thioether (sulfide) groups is 1. The lowest BCUT2D eigenvalue weighted by molar-refractivity contribution is 0.608. The second-order valence-electron chi connectivity index (χ2n) is 5.78. The van der Waals surface area contributed by atoms with Crippen molar-refractivity contribution in [3.8, 4) is 5.69 Å². The molecule has 0 radical (unpaired) electrons. The van der Waals surface area contributed by atoms with Crippen molar-refractivity contribution in [3.05, 3.63) is 101 Å². The molecule has 4 rings (SSSR count). The van der Waals surface area contributed by atoms with Crippen LogP contribution in [0.5, 0.6) is 0 Å². The van der Waals surface area contributed by atoms with Gasteiger partial charge in [0.2, 0.25) is 0 Å². The normalized spacial score (nSPS) is 11.0. The molecule has 3 nitrogen and oxygen atoms in total. The van der Waals surface area contributed by atoms with Crippen molar-refractivity contribution in [1.82, 2.24) is 9.55 Å². The lowest BCUT2D eigenvalue weighted by atomic mass is 10.2.